The third-order valence-electron chi connectivity index (χ3n) is 2.40. The van der Waals surface area contributed by atoms with E-state index < -0.39 is 12.1 Å². The predicted octanol–water partition coefficient (Wildman–Crippen LogP) is 1.42. The summed E-state index contributed by atoms with van der Waals surface area (Å²) >= 11 is 0. The molecule has 0 spiro atoms. The topological polar surface area (TPSA) is 75.6 Å². The van der Waals surface area contributed by atoms with Gasteiger partial charge in [-0.1, -0.05) is 13.8 Å². The van der Waals surface area contributed by atoms with E-state index in [0.717, 1.165) is 12.8 Å². The number of hydrogen-bond acceptors (Lipinski definition) is 3. The first-order chi connectivity index (χ1) is 7.82. The summed E-state index contributed by atoms with van der Waals surface area (Å²) < 4.78 is 4.88. The molecule has 0 aliphatic rings. The van der Waals surface area contributed by atoms with Crippen LogP contribution in [0.5, 0.6) is 0 Å². The van der Waals surface area contributed by atoms with Crippen LogP contribution in [0, 0.1) is 5.92 Å². The highest BCUT2D eigenvalue weighted by Crippen LogP contribution is 2.06. The lowest BCUT2D eigenvalue weighted by Crippen LogP contribution is -2.37. The molecule has 2 N–H and O–H groups in total. The molecule has 1 amide bonds. The molecule has 5 heteroatoms. The number of aliphatic carboxylic acids is 1. The van der Waals surface area contributed by atoms with Crippen LogP contribution in [0.3, 0.4) is 0 Å². The molecule has 0 aromatic rings. The van der Waals surface area contributed by atoms with E-state index in [1.54, 1.807) is 0 Å². The summed E-state index contributed by atoms with van der Waals surface area (Å²) in [5, 5.41) is 11.3. The lowest BCUT2D eigenvalue weighted by molar-refractivity contribution is -0.150. The van der Waals surface area contributed by atoms with Crippen molar-refractivity contribution in [3.63, 3.8) is 0 Å². The number of nitrogens with one attached hydrogen (secondary N) is 1. The SMILES string of the molecule is CC(C)CCC(C)NC(=O)CO[C@@H](C)C(=O)O. The Balaban J connectivity index is 3.74. The number of amides is 1. The van der Waals surface area contributed by atoms with Gasteiger partial charge in [-0.3, -0.25) is 4.79 Å². The second kappa shape index (κ2) is 8.06. The number of hydrogen-bond donors (Lipinski definition) is 2. The minimum Gasteiger partial charge on any atom is -0.479 e. The van der Waals surface area contributed by atoms with Gasteiger partial charge in [0.05, 0.1) is 0 Å². The summed E-state index contributed by atoms with van der Waals surface area (Å²) in [7, 11) is 0. The largest absolute Gasteiger partial charge is 0.479 e. The molecule has 0 aromatic carbocycles. The highest BCUT2D eigenvalue weighted by molar-refractivity contribution is 5.78. The van der Waals surface area contributed by atoms with Gasteiger partial charge in [0.25, 0.3) is 0 Å². The summed E-state index contributed by atoms with van der Waals surface area (Å²) in [6, 6.07) is 0.0913. The molecule has 0 saturated heterocycles. The first kappa shape index (κ1) is 15.9. The Morgan fingerprint density at radius 3 is 2.24 bits per heavy atom. The molecule has 0 aliphatic heterocycles. The van der Waals surface area contributed by atoms with Crippen LogP contribution in [-0.2, 0) is 14.3 Å². The second-order valence-electron chi connectivity index (χ2n) is 4.73. The zero-order valence-corrected chi connectivity index (χ0v) is 11.0. The van der Waals surface area contributed by atoms with Gasteiger partial charge >= 0.3 is 5.97 Å². The molecule has 0 rings (SSSR count). The van der Waals surface area contributed by atoms with Crippen molar-refractivity contribution in [3.8, 4) is 0 Å². The minimum atomic E-state index is -1.06. The Morgan fingerprint density at radius 1 is 1.18 bits per heavy atom. The van der Waals surface area contributed by atoms with Crippen LogP contribution in [0.4, 0.5) is 0 Å². The molecule has 5 nitrogen and oxygen atoms in total. The van der Waals surface area contributed by atoms with Gasteiger partial charge < -0.3 is 15.2 Å². The van der Waals surface area contributed by atoms with E-state index in [1.165, 1.54) is 6.92 Å². The normalized spacial score (nSPS) is 14.4. The Bertz CT molecular complexity index is 253. The Hall–Kier alpha value is -1.10. The van der Waals surface area contributed by atoms with E-state index >= 15 is 0 Å². The number of carboxylic acid groups (broad SMARTS) is 1. The van der Waals surface area contributed by atoms with Crippen molar-refractivity contribution in [3.05, 3.63) is 0 Å². The molecule has 1 unspecified atom stereocenters. The molecule has 0 bridgehead atoms. The van der Waals surface area contributed by atoms with E-state index in [0.29, 0.717) is 5.92 Å². The molecule has 0 heterocycles. The van der Waals surface area contributed by atoms with E-state index in [1.807, 2.05) is 6.92 Å². The van der Waals surface area contributed by atoms with Gasteiger partial charge in [0.15, 0.2) is 6.10 Å². The maximum absolute atomic E-state index is 11.4. The van der Waals surface area contributed by atoms with Crippen molar-refractivity contribution < 1.29 is 19.4 Å². The Kier molecular flexibility index (Phi) is 7.54. The second-order valence-corrected chi connectivity index (χ2v) is 4.73. The summed E-state index contributed by atoms with van der Waals surface area (Å²) in [6.45, 7) is 7.39. The van der Waals surface area contributed by atoms with Gasteiger partial charge in [-0.15, -0.1) is 0 Å². The predicted molar refractivity (Wildman–Crippen MR) is 64.7 cm³/mol. The van der Waals surface area contributed by atoms with Crippen LogP contribution in [0.1, 0.15) is 40.5 Å². The maximum Gasteiger partial charge on any atom is 0.332 e. The van der Waals surface area contributed by atoms with Crippen molar-refractivity contribution in [1.82, 2.24) is 5.32 Å². The first-order valence-electron chi connectivity index (χ1n) is 5.96. The average Bonchev–Trinajstić information content (AvgIpc) is 2.22. The number of rotatable bonds is 8. The highest BCUT2D eigenvalue weighted by Gasteiger charge is 2.14. The fourth-order valence-corrected chi connectivity index (χ4v) is 1.24. The molecule has 0 aliphatic carbocycles. The highest BCUT2D eigenvalue weighted by atomic mass is 16.5. The lowest BCUT2D eigenvalue weighted by Gasteiger charge is -2.15. The van der Waals surface area contributed by atoms with Gasteiger partial charge in [0.1, 0.15) is 6.61 Å². The fourth-order valence-electron chi connectivity index (χ4n) is 1.24. The molecule has 0 saturated carbocycles. The van der Waals surface area contributed by atoms with Gasteiger partial charge in [0, 0.05) is 6.04 Å². The molecule has 0 radical (unpaired) electrons. The lowest BCUT2D eigenvalue weighted by atomic mass is 10.0. The maximum atomic E-state index is 11.4. The summed E-state index contributed by atoms with van der Waals surface area (Å²) in [5.74, 6) is -0.724. The molecule has 17 heavy (non-hydrogen) atoms. The summed E-state index contributed by atoms with van der Waals surface area (Å²) in [6.07, 6.45) is 1.01. The van der Waals surface area contributed by atoms with Crippen LogP contribution in [-0.4, -0.2) is 35.7 Å². The molecule has 2 atom stereocenters. The fraction of sp³-hybridized carbons (Fsp3) is 0.833. The van der Waals surface area contributed by atoms with Crippen molar-refractivity contribution in [2.24, 2.45) is 5.92 Å². The van der Waals surface area contributed by atoms with Gasteiger partial charge in [-0.05, 0) is 32.6 Å². The van der Waals surface area contributed by atoms with Crippen molar-refractivity contribution in [2.45, 2.75) is 52.7 Å². The van der Waals surface area contributed by atoms with Crippen molar-refractivity contribution in [1.29, 1.82) is 0 Å². The van der Waals surface area contributed by atoms with Gasteiger partial charge in [0.2, 0.25) is 5.91 Å². The number of carbonyl (C=O) groups is 2. The first-order valence-corrected chi connectivity index (χ1v) is 5.96. The van der Waals surface area contributed by atoms with Crippen LogP contribution in [0.25, 0.3) is 0 Å². The van der Waals surface area contributed by atoms with E-state index in [9.17, 15) is 9.59 Å². The number of carboxylic acids is 1. The van der Waals surface area contributed by atoms with Crippen LogP contribution >= 0.6 is 0 Å². The smallest absolute Gasteiger partial charge is 0.332 e. The summed E-state index contributed by atoms with van der Waals surface area (Å²) in [4.78, 5) is 21.9. The molecule has 0 aromatic heterocycles. The Labute approximate surface area is 103 Å². The zero-order chi connectivity index (χ0) is 13.4. The monoisotopic (exact) mass is 245 g/mol. The van der Waals surface area contributed by atoms with Gasteiger partial charge in [-0.25, -0.2) is 4.79 Å². The molecular formula is C12H23NO4. The molecular weight excluding hydrogens is 222 g/mol. The molecule has 100 valence electrons. The summed E-state index contributed by atoms with van der Waals surface area (Å²) in [5.41, 5.74) is 0. The minimum absolute atomic E-state index is 0.0913. The van der Waals surface area contributed by atoms with Crippen LogP contribution in [0.2, 0.25) is 0 Å². The zero-order valence-electron chi connectivity index (χ0n) is 11.0. The number of ether oxygens (including phenoxy) is 1. The third-order valence-corrected chi connectivity index (χ3v) is 2.40. The quantitative estimate of drug-likeness (QED) is 0.678. The van der Waals surface area contributed by atoms with E-state index in [-0.39, 0.29) is 18.6 Å². The average molecular weight is 245 g/mol. The van der Waals surface area contributed by atoms with Crippen molar-refractivity contribution >= 4 is 11.9 Å². The van der Waals surface area contributed by atoms with E-state index in [2.05, 4.69) is 19.2 Å². The van der Waals surface area contributed by atoms with Crippen molar-refractivity contribution in [2.75, 3.05) is 6.61 Å². The standard InChI is InChI=1S/C12H23NO4/c1-8(2)5-6-9(3)13-11(14)7-17-10(4)12(15)16/h8-10H,5-7H2,1-4H3,(H,13,14)(H,15,16)/t9?,10-/m0/s1. The number of carbonyl (C=O) groups excluding carboxylic acids is 1. The van der Waals surface area contributed by atoms with Crippen LogP contribution in [0.15, 0.2) is 0 Å². The third kappa shape index (κ3) is 8.68. The molecule has 0 fully saturated rings. The van der Waals surface area contributed by atoms with Crippen LogP contribution < -0.4 is 5.32 Å². The Morgan fingerprint density at radius 2 is 1.76 bits per heavy atom. The van der Waals surface area contributed by atoms with E-state index in [4.69, 9.17) is 9.84 Å². The van der Waals surface area contributed by atoms with Gasteiger partial charge in [-0.2, -0.15) is 0 Å².